The van der Waals surface area contributed by atoms with Crippen LogP contribution in [0.2, 0.25) is 0 Å². The lowest BCUT2D eigenvalue weighted by molar-refractivity contribution is -0.140. The van der Waals surface area contributed by atoms with Gasteiger partial charge in [-0.1, -0.05) is 100 Å². The first-order valence-corrected chi connectivity index (χ1v) is 19.4. The summed E-state index contributed by atoms with van der Waals surface area (Å²) in [5.41, 5.74) is 15.6. The number of carboxylic acids is 2. The zero-order chi connectivity index (χ0) is 45.2. The third kappa shape index (κ3) is 11.8. The predicted molar refractivity (Wildman–Crippen MR) is 230 cm³/mol. The van der Waals surface area contributed by atoms with Gasteiger partial charge in [-0.3, -0.25) is 19.2 Å². The number of amides is 2. The maximum Gasteiger partial charge on any atom is 0.341 e. The molecule has 0 aliphatic carbocycles. The first kappa shape index (κ1) is 47.8. The van der Waals surface area contributed by atoms with Crippen LogP contribution in [-0.4, -0.2) is 74.2 Å². The maximum absolute atomic E-state index is 12.6. The van der Waals surface area contributed by atoms with Crippen molar-refractivity contribution in [3.05, 3.63) is 131 Å². The second-order valence-electron chi connectivity index (χ2n) is 12.8. The molecule has 0 saturated heterocycles. The number of aliphatic carboxylic acids is 2. The summed E-state index contributed by atoms with van der Waals surface area (Å²) < 4.78 is 14.7. The molecule has 15 nitrogen and oxygen atoms in total. The van der Waals surface area contributed by atoms with Crippen LogP contribution in [0.3, 0.4) is 0 Å². The Morgan fingerprint density at radius 3 is 1.18 bits per heavy atom. The van der Waals surface area contributed by atoms with E-state index in [9.17, 15) is 28.8 Å². The smallest absolute Gasteiger partial charge is 0.341 e. The number of aromatic nitrogens is 2. The second-order valence-corrected chi connectivity index (χ2v) is 12.8. The van der Waals surface area contributed by atoms with Gasteiger partial charge in [0.2, 0.25) is 0 Å². The van der Waals surface area contributed by atoms with Crippen LogP contribution >= 0.6 is 0 Å². The Labute approximate surface area is 352 Å². The van der Waals surface area contributed by atoms with Crippen molar-refractivity contribution in [3.63, 3.8) is 0 Å². The average molecular weight is 835 g/mol. The number of nitrogens with zero attached hydrogens (tertiary/aromatic N) is 2. The van der Waals surface area contributed by atoms with Gasteiger partial charge in [-0.25, -0.2) is 9.59 Å². The van der Waals surface area contributed by atoms with Crippen LogP contribution in [0.25, 0.3) is 21.8 Å². The summed E-state index contributed by atoms with van der Waals surface area (Å²) in [6, 6.07) is 29.6. The minimum Gasteiger partial charge on any atom is -0.481 e. The minimum absolute atomic E-state index is 0.168. The van der Waals surface area contributed by atoms with E-state index in [1.54, 1.807) is 24.3 Å². The van der Waals surface area contributed by atoms with E-state index in [1.165, 1.54) is 6.92 Å². The SMILES string of the molecule is CC.CC=O.CCc1c(C(=O)C(N)=O)c2c(OCC(=O)O)cccc2n1Cc1ccccc1.CCc1c(C(=O)C(N)=O)c2c(OCC(=O)O)cccc2n1Cc1ccccc1. The number of carbonyl (C=O) groups is 7. The highest BCUT2D eigenvalue weighted by Gasteiger charge is 2.29. The molecule has 0 saturated carbocycles. The lowest BCUT2D eigenvalue weighted by atomic mass is 10.0. The highest BCUT2D eigenvalue weighted by molar-refractivity contribution is 6.45. The molecule has 4 aromatic carbocycles. The zero-order valence-corrected chi connectivity index (χ0v) is 34.7. The zero-order valence-electron chi connectivity index (χ0n) is 34.7. The topological polar surface area (TPSA) is 240 Å². The van der Waals surface area contributed by atoms with Gasteiger partial charge >= 0.3 is 11.9 Å². The van der Waals surface area contributed by atoms with Crippen LogP contribution in [-0.2, 0) is 49.9 Å². The third-order valence-corrected chi connectivity index (χ3v) is 8.96. The highest BCUT2D eigenvalue weighted by atomic mass is 16.5. The summed E-state index contributed by atoms with van der Waals surface area (Å²) in [5, 5.41) is 18.7. The van der Waals surface area contributed by atoms with Crippen molar-refractivity contribution < 1.29 is 53.2 Å². The van der Waals surface area contributed by atoms with E-state index in [-0.39, 0.29) is 22.6 Å². The molecule has 6 rings (SSSR count). The summed E-state index contributed by atoms with van der Waals surface area (Å²) in [4.78, 5) is 79.3. The van der Waals surface area contributed by atoms with Gasteiger partial charge in [0.05, 0.1) is 32.9 Å². The van der Waals surface area contributed by atoms with Crippen molar-refractivity contribution in [1.29, 1.82) is 0 Å². The van der Waals surface area contributed by atoms with Crippen molar-refractivity contribution in [3.8, 4) is 11.5 Å². The Morgan fingerprint density at radius 1 is 0.574 bits per heavy atom. The molecule has 0 fully saturated rings. The number of Topliss-reactive ketones (excluding diaryl/α,β-unsaturated/α-hetero) is 2. The molecule has 2 aromatic heterocycles. The van der Waals surface area contributed by atoms with Gasteiger partial charge in [-0.2, -0.15) is 0 Å². The number of rotatable bonds is 16. The van der Waals surface area contributed by atoms with Crippen LogP contribution in [0.15, 0.2) is 97.1 Å². The Hall–Kier alpha value is -7.55. The molecule has 6 aromatic rings. The molecule has 0 spiro atoms. The van der Waals surface area contributed by atoms with Crippen LogP contribution in [0, 0.1) is 0 Å². The van der Waals surface area contributed by atoms with Gasteiger partial charge in [-0.15, -0.1) is 0 Å². The molecule has 0 bridgehead atoms. The summed E-state index contributed by atoms with van der Waals surface area (Å²) in [6.45, 7) is 9.05. The number of fused-ring (bicyclic) bond motifs is 2. The molecule has 0 aliphatic rings. The van der Waals surface area contributed by atoms with Gasteiger partial charge < -0.3 is 45.1 Å². The summed E-state index contributed by atoms with van der Waals surface area (Å²) in [6.07, 6.45) is 1.71. The van der Waals surface area contributed by atoms with Gasteiger partial charge in [0.25, 0.3) is 23.4 Å². The fraction of sp³-hybridized carbons (Fsp3) is 0.239. The van der Waals surface area contributed by atoms with E-state index in [4.69, 9.17) is 35.9 Å². The lowest BCUT2D eigenvalue weighted by Gasteiger charge is -2.11. The lowest BCUT2D eigenvalue weighted by Crippen LogP contribution is -2.24. The first-order valence-electron chi connectivity index (χ1n) is 19.4. The molecule has 2 heterocycles. The van der Waals surface area contributed by atoms with Crippen LogP contribution in [0.5, 0.6) is 11.5 Å². The van der Waals surface area contributed by atoms with E-state index >= 15 is 0 Å². The van der Waals surface area contributed by atoms with Crippen molar-refractivity contribution in [2.75, 3.05) is 13.2 Å². The van der Waals surface area contributed by atoms with Crippen molar-refractivity contribution in [1.82, 2.24) is 9.13 Å². The van der Waals surface area contributed by atoms with Gasteiger partial charge in [-0.05, 0) is 55.2 Å². The Balaban J connectivity index is 0.000000294. The third-order valence-electron chi connectivity index (χ3n) is 8.96. The van der Waals surface area contributed by atoms with Crippen LogP contribution in [0.4, 0.5) is 0 Å². The van der Waals surface area contributed by atoms with E-state index < -0.39 is 48.5 Å². The molecule has 320 valence electrons. The number of aldehydes is 1. The van der Waals surface area contributed by atoms with Crippen molar-refractivity contribution in [2.45, 2.75) is 60.5 Å². The van der Waals surface area contributed by atoms with Crippen LogP contribution in [0.1, 0.15) is 77.8 Å². The number of ketones is 2. The molecule has 0 unspecified atom stereocenters. The number of carboxylic acid groups (broad SMARTS) is 2. The Bertz CT molecular complexity index is 2330. The predicted octanol–water partition coefficient (Wildman–Crippen LogP) is 6.00. The monoisotopic (exact) mass is 834 g/mol. The number of primary amides is 2. The molecular formula is C46H50N4O11. The molecule has 0 atom stereocenters. The van der Waals surface area contributed by atoms with Gasteiger partial charge in [0, 0.05) is 24.5 Å². The molecule has 15 heteroatoms. The number of ether oxygens (including phenoxy) is 2. The fourth-order valence-corrected chi connectivity index (χ4v) is 6.72. The molecule has 61 heavy (non-hydrogen) atoms. The maximum atomic E-state index is 12.6. The normalized spacial score (nSPS) is 10.2. The number of benzene rings is 4. The molecular weight excluding hydrogens is 785 g/mol. The van der Waals surface area contributed by atoms with E-state index in [2.05, 4.69) is 0 Å². The number of nitrogens with two attached hydrogens (primary N) is 2. The second kappa shape index (κ2) is 23.1. The number of hydrogen-bond donors (Lipinski definition) is 4. The number of hydrogen-bond acceptors (Lipinski definition) is 9. The van der Waals surface area contributed by atoms with E-state index in [0.717, 1.165) is 17.4 Å². The Kier molecular flexibility index (Phi) is 18.1. The fourth-order valence-electron chi connectivity index (χ4n) is 6.72. The number of carbonyl (C=O) groups excluding carboxylic acids is 5. The van der Waals surface area contributed by atoms with Gasteiger partial charge in [0.1, 0.15) is 17.8 Å². The van der Waals surface area contributed by atoms with Crippen LogP contribution < -0.4 is 20.9 Å². The molecule has 0 aliphatic heterocycles. The van der Waals surface area contributed by atoms with E-state index in [0.29, 0.717) is 59.1 Å². The summed E-state index contributed by atoms with van der Waals surface area (Å²) in [5.74, 6) is -5.60. The molecule has 0 radical (unpaired) electrons. The average Bonchev–Trinajstić information content (AvgIpc) is 3.75. The minimum atomic E-state index is -1.14. The molecule has 2 amide bonds. The Morgan fingerprint density at radius 2 is 0.902 bits per heavy atom. The van der Waals surface area contributed by atoms with Gasteiger partial charge in [0.15, 0.2) is 13.2 Å². The van der Waals surface area contributed by atoms with E-state index in [1.807, 2.05) is 110 Å². The summed E-state index contributed by atoms with van der Waals surface area (Å²) >= 11 is 0. The van der Waals surface area contributed by atoms with Crippen molar-refractivity contribution in [2.24, 2.45) is 11.5 Å². The molecule has 6 N–H and O–H groups in total. The standard InChI is InChI=1S/2C21H20N2O5.C2H4O.C2H6/c2*1-2-14-19(20(26)21(22)27)18-15(9-6-10-16(18)28-12-17(24)25)23(14)11-13-7-4-3-5-8-13;1-2-3;1-2/h2*3-10H,2,11-12H2,1H3,(H2,22,27)(H,24,25);2H,1H3;1-2H3. The first-order chi connectivity index (χ1) is 29.3. The quantitative estimate of drug-likeness (QED) is 0.0501. The van der Waals surface area contributed by atoms with Crippen molar-refractivity contribution >= 4 is 63.4 Å². The largest absolute Gasteiger partial charge is 0.481 e. The highest BCUT2D eigenvalue weighted by Crippen LogP contribution is 2.37. The summed E-state index contributed by atoms with van der Waals surface area (Å²) in [7, 11) is 0.